The number of hydrogen-bond donors (Lipinski definition) is 3. The first kappa shape index (κ1) is 10.8. The maximum atomic E-state index is 11.9. The van der Waals surface area contributed by atoms with E-state index >= 15 is 0 Å². The van der Waals surface area contributed by atoms with Gasteiger partial charge in [0.25, 0.3) is 0 Å². The Morgan fingerprint density at radius 1 is 1.31 bits per heavy atom. The van der Waals surface area contributed by atoms with E-state index in [2.05, 4.69) is 10.6 Å². The quantitative estimate of drug-likeness (QED) is 0.615. The van der Waals surface area contributed by atoms with Crippen LogP contribution in [0.3, 0.4) is 0 Å². The second-order valence-electron chi connectivity index (χ2n) is 3.51. The van der Waals surface area contributed by atoms with Gasteiger partial charge in [0, 0.05) is 12.1 Å². The number of carbonyl (C=O) groups is 2. The zero-order valence-corrected chi connectivity index (χ0v) is 8.56. The number of carbonyl (C=O) groups excluding carboxylic acids is 2. The normalized spacial score (nSPS) is 19.2. The van der Waals surface area contributed by atoms with Gasteiger partial charge in [0.2, 0.25) is 5.91 Å². The number of amides is 1. The summed E-state index contributed by atoms with van der Waals surface area (Å²) < 4.78 is 0. The molecule has 1 atom stereocenters. The van der Waals surface area contributed by atoms with Crippen LogP contribution in [-0.2, 0) is 4.79 Å². The lowest BCUT2D eigenvalue weighted by Crippen LogP contribution is -2.50. The average molecular weight is 220 g/mol. The Balaban J connectivity index is 2.27. The Labute approximate surface area is 92.5 Å². The lowest BCUT2D eigenvalue weighted by atomic mass is 9.97. The van der Waals surface area contributed by atoms with Crippen LogP contribution in [0.2, 0.25) is 0 Å². The van der Waals surface area contributed by atoms with Gasteiger partial charge < -0.3 is 10.4 Å². The number of aliphatic hydroxyl groups excluding tert-OH is 1. The second-order valence-corrected chi connectivity index (χ2v) is 3.51. The molecule has 0 radical (unpaired) electrons. The molecule has 0 saturated heterocycles. The molecule has 84 valence electrons. The van der Waals surface area contributed by atoms with E-state index in [0.717, 1.165) is 0 Å². The molecule has 1 aliphatic heterocycles. The Morgan fingerprint density at radius 2 is 2.06 bits per heavy atom. The first-order valence-electron chi connectivity index (χ1n) is 5.02. The van der Waals surface area contributed by atoms with Gasteiger partial charge in [-0.15, -0.1) is 0 Å². The van der Waals surface area contributed by atoms with Crippen molar-refractivity contribution in [3.8, 4) is 0 Å². The maximum Gasteiger partial charge on any atom is 0.249 e. The van der Waals surface area contributed by atoms with Gasteiger partial charge in [-0.05, 0) is 12.1 Å². The van der Waals surface area contributed by atoms with Crippen LogP contribution in [0.4, 0.5) is 5.69 Å². The molecule has 0 saturated carbocycles. The van der Waals surface area contributed by atoms with E-state index in [1.54, 1.807) is 24.3 Å². The monoisotopic (exact) mass is 220 g/mol. The van der Waals surface area contributed by atoms with Crippen LogP contribution in [0.5, 0.6) is 0 Å². The molecule has 16 heavy (non-hydrogen) atoms. The fourth-order valence-corrected chi connectivity index (χ4v) is 1.68. The molecule has 0 fully saturated rings. The zero-order chi connectivity index (χ0) is 11.5. The van der Waals surface area contributed by atoms with Crippen molar-refractivity contribution in [2.45, 2.75) is 6.04 Å². The summed E-state index contributed by atoms with van der Waals surface area (Å²) in [6, 6.07) is 5.96. The van der Waals surface area contributed by atoms with Gasteiger partial charge in [-0.25, -0.2) is 0 Å². The van der Waals surface area contributed by atoms with Crippen molar-refractivity contribution in [2.24, 2.45) is 0 Å². The van der Waals surface area contributed by atoms with E-state index in [1.807, 2.05) is 0 Å². The SMILES string of the molecule is O=C1Nc2ccccc2C(=O)C1NCCO. The molecule has 0 spiro atoms. The minimum atomic E-state index is -0.901. The predicted octanol–water partition coefficient (Wildman–Crippen LogP) is -0.228. The number of fused-ring (bicyclic) bond motifs is 1. The molecule has 1 heterocycles. The van der Waals surface area contributed by atoms with E-state index in [4.69, 9.17) is 5.11 Å². The van der Waals surface area contributed by atoms with Crippen LogP contribution in [0.15, 0.2) is 24.3 Å². The molecular formula is C11H12N2O3. The van der Waals surface area contributed by atoms with Crippen molar-refractivity contribution in [3.05, 3.63) is 29.8 Å². The molecule has 5 heteroatoms. The Morgan fingerprint density at radius 3 is 2.81 bits per heavy atom. The van der Waals surface area contributed by atoms with Crippen LogP contribution in [0.25, 0.3) is 0 Å². The van der Waals surface area contributed by atoms with Crippen LogP contribution in [0, 0.1) is 0 Å². The van der Waals surface area contributed by atoms with Crippen molar-refractivity contribution in [2.75, 3.05) is 18.5 Å². The first-order chi connectivity index (χ1) is 7.74. The number of hydrogen-bond acceptors (Lipinski definition) is 4. The summed E-state index contributed by atoms with van der Waals surface area (Å²) in [5.74, 6) is -0.634. The highest BCUT2D eigenvalue weighted by atomic mass is 16.3. The molecule has 1 aromatic carbocycles. The summed E-state index contributed by atoms with van der Waals surface area (Å²) in [5.41, 5.74) is 1.04. The van der Waals surface area contributed by atoms with Crippen molar-refractivity contribution in [1.29, 1.82) is 0 Å². The Kier molecular flexibility index (Phi) is 2.98. The third-order valence-corrected chi connectivity index (χ3v) is 2.44. The number of para-hydroxylation sites is 1. The van der Waals surface area contributed by atoms with Gasteiger partial charge in [-0.1, -0.05) is 12.1 Å². The van der Waals surface area contributed by atoms with Crippen molar-refractivity contribution in [3.63, 3.8) is 0 Å². The van der Waals surface area contributed by atoms with Gasteiger partial charge in [0.05, 0.1) is 12.3 Å². The summed E-state index contributed by atoms with van der Waals surface area (Å²) in [6.45, 7) is 0.102. The summed E-state index contributed by atoms with van der Waals surface area (Å²) in [7, 11) is 0. The number of rotatable bonds is 3. The van der Waals surface area contributed by atoms with Gasteiger partial charge in [-0.3, -0.25) is 14.9 Å². The molecule has 3 N–H and O–H groups in total. The largest absolute Gasteiger partial charge is 0.395 e. The van der Waals surface area contributed by atoms with Gasteiger partial charge in [0.15, 0.2) is 11.8 Å². The topological polar surface area (TPSA) is 78.4 Å². The molecule has 0 bridgehead atoms. The molecule has 5 nitrogen and oxygen atoms in total. The van der Waals surface area contributed by atoms with E-state index in [1.165, 1.54) is 0 Å². The minimum absolute atomic E-state index is 0.112. The first-order valence-corrected chi connectivity index (χ1v) is 5.02. The van der Waals surface area contributed by atoms with Crippen molar-refractivity contribution < 1.29 is 14.7 Å². The maximum absolute atomic E-state index is 11.9. The molecule has 1 aromatic rings. The number of Topliss-reactive ketones (excluding diaryl/α,β-unsaturated/α-hetero) is 1. The average Bonchev–Trinajstić information content (AvgIpc) is 2.29. The fourth-order valence-electron chi connectivity index (χ4n) is 1.68. The third kappa shape index (κ3) is 1.82. The smallest absolute Gasteiger partial charge is 0.249 e. The molecule has 1 amide bonds. The lowest BCUT2D eigenvalue weighted by molar-refractivity contribution is -0.117. The summed E-state index contributed by atoms with van der Waals surface area (Å²) >= 11 is 0. The van der Waals surface area contributed by atoms with Crippen molar-refractivity contribution >= 4 is 17.4 Å². The van der Waals surface area contributed by atoms with Crippen LogP contribution in [-0.4, -0.2) is 36.0 Å². The van der Waals surface area contributed by atoms with Crippen molar-refractivity contribution in [1.82, 2.24) is 5.32 Å². The van der Waals surface area contributed by atoms with Crippen LogP contribution < -0.4 is 10.6 Å². The van der Waals surface area contributed by atoms with E-state index < -0.39 is 6.04 Å². The highest BCUT2D eigenvalue weighted by molar-refractivity contribution is 6.23. The molecule has 0 aromatic heterocycles. The highest BCUT2D eigenvalue weighted by Gasteiger charge is 2.33. The zero-order valence-electron chi connectivity index (χ0n) is 8.56. The molecular weight excluding hydrogens is 208 g/mol. The number of aliphatic hydroxyl groups is 1. The lowest BCUT2D eigenvalue weighted by Gasteiger charge is -2.23. The van der Waals surface area contributed by atoms with E-state index in [9.17, 15) is 9.59 Å². The second kappa shape index (κ2) is 4.42. The van der Waals surface area contributed by atoms with Gasteiger partial charge >= 0.3 is 0 Å². The van der Waals surface area contributed by atoms with Crippen LogP contribution >= 0.6 is 0 Å². The highest BCUT2D eigenvalue weighted by Crippen LogP contribution is 2.21. The van der Waals surface area contributed by atoms with E-state index in [0.29, 0.717) is 11.3 Å². The Hall–Kier alpha value is -1.72. The van der Waals surface area contributed by atoms with Crippen LogP contribution in [0.1, 0.15) is 10.4 Å². The molecule has 1 unspecified atom stereocenters. The number of ketones is 1. The molecule has 0 aliphatic carbocycles. The molecule has 2 rings (SSSR count). The summed E-state index contributed by atoms with van der Waals surface area (Å²) in [6.07, 6.45) is 0. The predicted molar refractivity (Wildman–Crippen MR) is 58.3 cm³/mol. The van der Waals surface area contributed by atoms with Gasteiger partial charge in [0.1, 0.15) is 0 Å². The van der Waals surface area contributed by atoms with Gasteiger partial charge in [-0.2, -0.15) is 0 Å². The number of nitrogens with one attached hydrogen (secondary N) is 2. The van der Waals surface area contributed by atoms with E-state index in [-0.39, 0.29) is 24.8 Å². The number of benzene rings is 1. The summed E-state index contributed by atoms with van der Waals surface area (Å²) in [4.78, 5) is 23.5. The number of anilines is 1. The standard InChI is InChI=1S/C11H12N2O3/c14-6-5-12-9-10(15)7-3-1-2-4-8(7)13-11(9)16/h1-4,9,12,14H,5-6H2,(H,13,16). The Bertz CT molecular complexity index is 431. The molecule has 1 aliphatic rings. The fraction of sp³-hybridized carbons (Fsp3) is 0.273. The minimum Gasteiger partial charge on any atom is -0.395 e. The third-order valence-electron chi connectivity index (χ3n) is 2.44. The summed E-state index contributed by atoms with van der Waals surface area (Å²) in [5, 5.41) is 14.0.